The average molecular weight is 397 g/mol. The summed E-state index contributed by atoms with van der Waals surface area (Å²) >= 11 is 0. The Bertz CT molecular complexity index is 816. The third kappa shape index (κ3) is 5.87. The number of ether oxygens (including phenoxy) is 2. The van der Waals surface area contributed by atoms with Gasteiger partial charge in [0.05, 0.1) is 20.3 Å². The van der Waals surface area contributed by atoms with Gasteiger partial charge in [-0.25, -0.2) is 0 Å². The summed E-state index contributed by atoms with van der Waals surface area (Å²) in [7, 11) is 3.52. The van der Waals surface area contributed by atoms with E-state index in [1.165, 1.54) is 16.8 Å². The van der Waals surface area contributed by atoms with Gasteiger partial charge >= 0.3 is 0 Å². The second-order valence-electron chi connectivity index (χ2n) is 7.13. The van der Waals surface area contributed by atoms with Crippen LogP contribution in [0.5, 0.6) is 5.75 Å². The van der Waals surface area contributed by atoms with Crippen LogP contribution in [-0.4, -0.2) is 53.0 Å². The molecule has 156 valence electrons. The molecule has 2 aromatic carbocycles. The van der Waals surface area contributed by atoms with Gasteiger partial charge in [0.25, 0.3) is 0 Å². The summed E-state index contributed by atoms with van der Waals surface area (Å²) in [4.78, 5) is 6.75. The van der Waals surface area contributed by atoms with E-state index in [4.69, 9.17) is 9.47 Å². The second-order valence-corrected chi connectivity index (χ2v) is 7.13. The number of anilines is 1. The lowest BCUT2D eigenvalue weighted by molar-refractivity contribution is 0.122. The Labute approximate surface area is 173 Å². The molecule has 0 amide bonds. The van der Waals surface area contributed by atoms with Crippen LogP contribution in [0, 0.1) is 6.92 Å². The first-order valence-corrected chi connectivity index (χ1v) is 10.2. The Hall–Kier alpha value is -2.73. The molecular formula is C23H32N4O2. The predicted molar refractivity (Wildman–Crippen MR) is 119 cm³/mol. The highest BCUT2D eigenvalue weighted by atomic mass is 16.5. The minimum absolute atomic E-state index is 0.728. The number of nitrogens with zero attached hydrogens (tertiary/aromatic N) is 2. The molecular weight excluding hydrogens is 364 g/mol. The monoisotopic (exact) mass is 396 g/mol. The van der Waals surface area contributed by atoms with Gasteiger partial charge in [-0.2, -0.15) is 0 Å². The van der Waals surface area contributed by atoms with Crippen molar-refractivity contribution in [2.24, 2.45) is 4.99 Å². The molecule has 1 heterocycles. The quantitative estimate of drug-likeness (QED) is 0.557. The largest absolute Gasteiger partial charge is 0.496 e. The van der Waals surface area contributed by atoms with Gasteiger partial charge in [-0.05, 0) is 42.2 Å². The molecule has 0 aliphatic carbocycles. The van der Waals surface area contributed by atoms with Gasteiger partial charge in [-0.15, -0.1) is 0 Å². The number of para-hydroxylation sites is 1. The lowest BCUT2D eigenvalue weighted by atomic mass is 10.1. The number of aliphatic imine (C=N–C) groups is 1. The van der Waals surface area contributed by atoms with Crippen molar-refractivity contribution in [3.8, 4) is 5.75 Å². The van der Waals surface area contributed by atoms with Gasteiger partial charge in [-0.1, -0.05) is 30.3 Å². The smallest absolute Gasteiger partial charge is 0.191 e. The molecule has 3 rings (SSSR count). The number of aryl methyl sites for hydroxylation is 1. The van der Waals surface area contributed by atoms with Crippen LogP contribution in [-0.2, 0) is 17.7 Å². The van der Waals surface area contributed by atoms with Crippen molar-refractivity contribution < 1.29 is 9.47 Å². The topological polar surface area (TPSA) is 58.1 Å². The number of hydrogen-bond donors (Lipinski definition) is 2. The zero-order chi connectivity index (χ0) is 20.5. The minimum atomic E-state index is 0.728. The Balaban J connectivity index is 1.52. The van der Waals surface area contributed by atoms with Crippen molar-refractivity contribution >= 4 is 11.6 Å². The SMILES string of the molecule is CN=C(NCCc1ccc(C)c(OC)c1)NCc1ccccc1N1CCOCC1. The van der Waals surface area contributed by atoms with Crippen molar-refractivity contribution in [1.82, 2.24) is 10.6 Å². The fraction of sp³-hybridized carbons (Fsp3) is 0.435. The van der Waals surface area contributed by atoms with Crippen LogP contribution in [0.1, 0.15) is 16.7 Å². The van der Waals surface area contributed by atoms with E-state index >= 15 is 0 Å². The minimum Gasteiger partial charge on any atom is -0.496 e. The Kier molecular flexibility index (Phi) is 7.76. The normalized spacial score (nSPS) is 14.6. The highest BCUT2D eigenvalue weighted by molar-refractivity contribution is 5.79. The third-order valence-corrected chi connectivity index (χ3v) is 5.19. The second kappa shape index (κ2) is 10.7. The van der Waals surface area contributed by atoms with E-state index in [0.717, 1.165) is 63.1 Å². The zero-order valence-electron chi connectivity index (χ0n) is 17.7. The molecule has 0 spiro atoms. The fourth-order valence-corrected chi connectivity index (χ4v) is 3.52. The van der Waals surface area contributed by atoms with Gasteiger partial charge in [0.1, 0.15) is 5.75 Å². The highest BCUT2D eigenvalue weighted by Gasteiger charge is 2.14. The highest BCUT2D eigenvalue weighted by Crippen LogP contribution is 2.21. The lowest BCUT2D eigenvalue weighted by Gasteiger charge is -2.30. The van der Waals surface area contributed by atoms with Crippen LogP contribution in [0.4, 0.5) is 5.69 Å². The molecule has 1 aliphatic rings. The van der Waals surface area contributed by atoms with Gasteiger partial charge in [0.2, 0.25) is 0 Å². The standard InChI is InChI=1S/C23H32N4O2/c1-18-8-9-19(16-22(18)28-3)10-11-25-23(24-2)26-17-20-6-4-5-7-21(20)27-12-14-29-15-13-27/h4-9,16H,10-15,17H2,1-3H3,(H2,24,25,26). The van der Waals surface area contributed by atoms with E-state index in [2.05, 4.69) is 69.9 Å². The van der Waals surface area contributed by atoms with Crippen molar-refractivity contribution in [3.05, 3.63) is 59.2 Å². The molecule has 29 heavy (non-hydrogen) atoms. The van der Waals surface area contributed by atoms with Crippen LogP contribution < -0.4 is 20.3 Å². The Morgan fingerprint density at radius 3 is 2.69 bits per heavy atom. The van der Waals surface area contributed by atoms with Crippen molar-refractivity contribution in [3.63, 3.8) is 0 Å². The van der Waals surface area contributed by atoms with Crippen molar-refractivity contribution in [1.29, 1.82) is 0 Å². The van der Waals surface area contributed by atoms with E-state index in [9.17, 15) is 0 Å². The number of benzene rings is 2. The van der Waals surface area contributed by atoms with E-state index in [1.807, 2.05) is 0 Å². The Morgan fingerprint density at radius 2 is 1.93 bits per heavy atom. The number of rotatable bonds is 7. The molecule has 6 heteroatoms. The maximum absolute atomic E-state index is 5.48. The summed E-state index contributed by atoms with van der Waals surface area (Å²) in [6.07, 6.45) is 0.904. The first-order chi connectivity index (χ1) is 14.2. The van der Waals surface area contributed by atoms with Crippen LogP contribution >= 0.6 is 0 Å². The summed E-state index contributed by atoms with van der Waals surface area (Å²) in [5.41, 5.74) is 4.93. The molecule has 2 N–H and O–H groups in total. The number of methoxy groups -OCH3 is 1. The number of hydrogen-bond acceptors (Lipinski definition) is 4. The average Bonchev–Trinajstić information content (AvgIpc) is 2.78. The molecule has 1 saturated heterocycles. The maximum atomic E-state index is 5.48. The van der Waals surface area contributed by atoms with Gasteiger partial charge in [0, 0.05) is 38.9 Å². The van der Waals surface area contributed by atoms with Crippen LogP contribution in [0.3, 0.4) is 0 Å². The predicted octanol–water partition coefficient (Wildman–Crippen LogP) is 2.75. The molecule has 2 aromatic rings. The maximum Gasteiger partial charge on any atom is 0.191 e. The number of guanidine groups is 1. The molecule has 0 radical (unpaired) electrons. The van der Waals surface area contributed by atoms with E-state index in [-0.39, 0.29) is 0 Å². The summed E-state index contributed by atoms with van der Waals surface area (Å²) in [6.45, 7) is 7.03. The van der Waals surface area contributed by atoms with E-state index in [1.54, 1.807) is 14.2 Å². The summed E-state index contributed by atoms with van der Waals surface area (Å²) < 4.78 is 10.9. The molecule has 1 fully saturated rings. The summed E-state index contributed by atoms with van der Waals surface area (Å²) in [5.74, 6) is 1.74. The molecule has 0 bridgehead atoms. The number of morpholine rings is 1. The third-order valence-electron chi connectivity index (χ3n) is 5.19. The molecule has 0 unspecified atom stereocenters. The van der Waals surface area contributed by atoms with Gasteiger partial charge in [-0.3, -0.25) is 4.99 Å². The summed E-state index contributed by atoms with van der Waals surface area (Å²) in [5, 5.41) is 6.84. The molecule has 0 saturated carbocycles. The van der Waals surface area contributed by atoms with Gasteiger partial charge < -0.3 is 25.0 Å². The first kappa shape index (κ1) is 21.0. The van der Waals surface area contributed by atoms with Crippen LogP contribution in [0.25, 0.3) is 0 Å². The summed E-state index contributed by atoms with van der Waals surface area (Å²) in [6, 6.07) is 14.9. The van der Waals surface area contributed by atoms with E-state index in [0.29, 0.717) is 0 Å². The fourth-order valence-electron chi connectivity index (χ4n) is 3.52. The lowest BCUT2D eigenvalue weighted by Crippen LogP contribution is -2.39. The molecule has 0 atom stereocenters. The first-order valence-electron chi connectivity index (χ1n) is 10.2. The zero-order valence-corrected chi connectivity index (χ0v) is 17.7. The molecule has 6 nitrogen and oxygen atoms in total. The van der Waals surface area contributed by atoms with Crippen molar-refractivity contribution in [2.45, 2.75) is 19.9 Å². The molecule has 0 aromatic heterocycles. The molecule has 1 aliphatic heterocycles. The van der Waals surface area contributed by atoms with Crippen molar-refractivity contribution in [2.75, 3.05) is 51.9 Å². The van der Waals surface area contributed by atoms with E-state index < -0.39 is 0 Å². The Morgan fingerprint density at radius 1 is 1.14 bits per heavy atom. The number of nitrogens with one attached hydrogen (secondary N) is 2. The van der Waals surface area contributed by atoms with Crippen LogP contribution in [0.15, 0.2) is 47.5 Å². The van der Waals surface area contributed by atoms with Gasteiger partial charge in [0.15, 0.2) is 5.96 Å². The van der Waals surface area contributed by atoms with Crippen LogP contribution in [0.2, 0.25) is 0 Å².